The molecule has 1 aliphatic rings. The molecular weight excluding hydrogens is 297 g/mol. The molecular formula is C17H22FN3O2. The third-order valence-electron chi connectivity index (χ3n) is 4.52. The number of methoxy groups -OCH3 is 1. The van der Waals surface area contributed by atoms with Gasteiger partial charge in [0.05, 0.1) is 18.8 Å². The Labute approximate surface area is 134 Å². The lowest BCUT2D eigenvalue weighted by Gasteiger charge is -2.32. The molecule has 6 heteroatoms. The molecule has 0 bridgehead atoms. The zero-order chi connectivity index (χ0) is 16.4. The minimum atomic E-state index is -0.980. The maximum absolute atomic E-state index is 13.7. The van der Waals surface area contributed by atoms with Gasteiger partial charge in [0.2, 0.25) is 0 Å². The molecule has 1 aromatic carbocycles. The molecule has 2 atom stereocenters. The second-order valence-corrected chi connectivity index (χ2v) is 6.02. The quantitative estimate of drug-likeness (QED) is 0.900. The van der Waals surface area contributed by atoms with Crippen LogP contribution in [-0.4, -0.2) is 53.9 Å². The van der Waals surface area contributed by atoms with Gasteiger partial charge in [0.1, 0.15) is 17.7 Å². The Kier molecular flexibility index (Phi) is 4.63. The number of nitrogens with zero attached hydrogens (tertiary/aromatic N) is 2. The molecule has 3 rings (SSSR count). The molecule has 1 aromatic heterocycles. The summed E-state index contributed by atoms with van der Waals surface area (Å²) >= 11 is 0. The number of hydrogen-bond acceptors (Lipinski definition) is 5. The topological polar surface area (TPSA) is 71.6 Å². The Bertz CT molecular complexity index is 695. The Balaban J connectivity index is 1.80. The highest BCUT2D eigenvalue weighted by Crippen LogP contribution is 2.29. The number of fused-ring (bicyclic) bond motifs is 1. The molecule has 0 radical (unpaired) electrons. The number of rotatable bonds is 4. The zero-order valence-corrected chi connectivity index (χ0v) is 13.2. The highest BCUT2D eigenvalue weighted by Gasteiger charge is 2.26. The monoisotopic (exact) mass is 319 g/mol. The largest absolute Gasteiger partial charge is 0.506 e. The first-order chi connectivity index (χ1) is 11.1. The third-order valence-corrected chi connectivity index (χ3v) is 4.52. The van der Waals surface area contributed by atoms with Crippen molar-refractivity contribution in [3.63, 3.8) is 0 Å². The van der Waals surface area contributed by atoms with Gasteiger partial charge in [0, 0.05) is 30.1 Å². The van der Waals surface area contributed by atoms with E-state index in [0.717, 1.165) is 28.8 Å². The van der Waals surface area contributed by atoms with Crippen LogP contribution in [0.3, 0.4) is 0 Å². The van der Waals surface area contributed by atoms with Gasteiger partial charge < -0.3 is 15.6 Å². The fourth-order valence-electron chi connectivity index (χ4n) is 3.06. The van der Waals surface area contributed by atoms with E-state index in [1.165, 1.54) is 6.20 Å². The first kappa shape index (κ1) is 16.0. The van der Waals surface area contributed by atoms with E-state index >= 15 is 0 Å². The lowest BCUT2D eigenvalue weighted by atomic mass is 10.0. The van der Waals surface area contributed by atoms with E-state index in [2.05, 4.69) is 9.88 Å². The van der Waals surface area contributed by atoms with E-state index in [0.29, 0.717) is 25.9 Å². The molecule has 5 nitrogen and oxygen atoms in total. The lowest BCUT2D eigenvalue weighted by Crippen LogP contribution is -2.48. The molecule has 3 N–H and O–H groups in total. The van der Waals surface area contributed by atoms with Gasteiger partial charge in [0.25, 0.3) is 0 Å². The van der Waals surface area contributed by atoms with E-state index < -0.39 is 6.17 Å². The Hall–Kier alpha value is -1.92. The van der Waals surface area contributed by atoms with Gasteiger partial charge in [-0.25, -0.2) is 4.39 Å². The summed E-state index contributed by atoms with van der Waals surface area (Å²) in [5.74, 6) is 0.884. The predicted octanol–water partition coefficient (Wildman–Crippen LogP) is 1.86. The van der Waals surface area contributed by atoms with Crippen molar-refractivity contribution in [2.24, 2.45) is 5.73 Å². The number of aromatic nitrogens is 1. The van der Waals surface area contributed by atoms with Gasteiger partial charge >= 0.3 is 0 Å². The van der Waals surface area contributed by atoms with E-state index in [9.17, 15) is 9.50 Å². The first-order valence-electron chi connectivity index (χ1n) is 7.85. The van der Waals surface area contributed by atoms with Crippen molar-refractivity contribution >= 4 is 10.9 Å². The van der Waals surface area contributed by atoms with Crippen LogP contribution in [0, 0.1) is 0 Å². The summed E-state index contributed by atoms with van der Waals surface area (Å²) in [5.41, 5.74) is 7.34. The minimum Gasteiger partial charge on any atom is -0.506 e. The number of pyridine rings is 1. The summed E-state index contributed by atoms with van der Waals surface area (Å²) in [7, 11) is 1.61. The van der Waals surface area contributed by atoms with E-state index in [1.54, 1.807) is 7.11 Å². The predicted molar refractivity (Wildman–Crippen MR) is 87.6 cm³/mol. The van der Waals surface area contributed by atoms with Crippen molar-refractivity contribution in [3.05, 3.63) is 30.0 Å². The smallest absolute Gasteiger partial charge is 0.137 e. The molecule has 0 saturated carbocycles. The molecule has 0 amide bonds. The van der Waals surface area contributed by atoms with Crippen LogP contribution in [-0.2, 0) is 6.42 Å². The number of ether oxygens (including phenoxy) is 1. The molecule has 0 aliphatic carbocycles. The van der Waals surface area contributed by atoms with Gasteiger partial charge in [-0.15, -0.1) is 0 Å². The molecule has 124 valence electrons. The molecule has 23 heavy (non-hydrogen) atoms. The van der Waals surface area contributed by atoms with E-state index in [4.69, 9.17) is 10.5 Å². The average Bonchev–Trinajstić information content (AvgIpc) is 2.56. The van der Waals surface area contributed by atoms with Crippen molar-refractivity contribution in [2.45, 2.75) is 25.1 Å². The van der Waals surface area contributed by atoms with Crippen LogP contribution in [0.25, 0.3) is 10.9 Å². The Morgan fingerprint density at radius 2 is 2.30 bits per heavy atom. The summed E-state index contributed by atoms with van der Waals surface area (Å²) in [6, 6.07) is 5.23. The van der Waals surface area contributed by atoms with E-state index in [-0.39, 0.29) is 11.8 Å². The third kappa shape index (κ3) is 3.38. The van der Waals surface area contributed by atoms with E-state index in [1.807, 2.05) is 18.2 Å². The number of likely N-dealkylation sites (tertiary alicyclic amines) is 1. The maximum atomic E-state index is 13.7. The van der Waals surface area contributed by atoms with Crippen LogP contribution in [0.1, 0.15) is 12.0 Å². The molecule has 2 aromatic rings. The molecule has 0 spiro atoms. The second-order valence-electron chi connectivity index (χ2n) is 6.02. The molecule has 1 saturated heterocycles. The van der Waals surface area contributed by atoms with Gasteiger partial charge in [-0.05, 0) is 37.6 Å². The summed E-state index contributed by atoms with van der Waals surface area (Å²) < 4.78 is 19.0. The van der Waals surface area contributed by atoms with Crippen LogP contribution >= 0.6 is 0 Å². The summed E-state index contributed by atoms with van der Waals surface area (Å²) in [5, 5.41) is 11.0. The number of halogens is 1. The fourth-order valence-corrected chi connectivity index (χ4v) is 3.06. The van der Waals surface area contributed by atoms with Crippen LogP contribution in [0.4, 0.5) is 4.39 Å². The van der Waals surface area contributed by atoms with Gasteiger partial charge in [-0.3, -0.25) is 9.88 Å². The summed E-state index contributed by atoms with van der Waals surface area (Å²) in [6.07, 6.45) is 1.78. The van der Waals surface area contributed by atoms with Gasteiger partial charge in [0.15, 0.2) is 0 Å². The summed E-state index contributed by atoms with van der Waals surface area (Å²) in [6.45, 7) is 1.82. The Morgan fingerprint density at radius 1 is 1.48 bits per heavy atom. The van der Waals surface area contributed by atoms with Crippen molar-refractivity contribution in [1.82, 2.24) is 9.88 Å². The molecule has 1 aliphatic heterocycles. The van der Waals surface area contributed by atoms with Crippen LogP contribution in [0.5, 0.6) is 11.5 Å². The number of hydrogen-bond donors (Lipinski definition) is 2. The molecule has 1 fully saturated rings. The average molecular weight is 319 g/mol. The van der Waals surface area contributed by atoms with Gasteiger partial charge in [-0.1, -0.05) is 0 Å². The lowest BCUT2D eigenvalue weighted by molar-refractivity contribution is 0.120. The van der Waals surface area contributed by atoms with Crippen molar-refractivity contribution in [3.8, 4) is 11.5 Å². The normalized spacial score (nSPS) is 22.4. The SMILES string of the molecule is COc1ccc2ncc(O)c(CCN3CC[C@H](N)[C@H](F)C3)c2c1. The van der Waals surface area contributed by atoms with Crippen LogP contribution in [0.2, 0.25) is 0 Å². The fraction of sp³-hybridized carbons (Fsp3) is 0.471. The summed E-state index contributed by atoms with van der Waals surface area (Å²) in [4.78, 5) is 6.29. The number of nitrogens with two attached hydrogens (primary N) is 1. The highest BCUT2D eigenvalue weighted by molar-refractivity contribution is 5.85. The minimum absolute atomic E-state index is 0.163. The number of benzene rings is 1. The molecule has 2 heterocycles. The standard InChI is InChI=1S/C17H22FN3O2/c1-23-11-2-3-16-13(8-11)12(17(22)9-20-16)4-6-21-7-5-15(19)14(18)10-21/h2-3,8-9,14-15,22H,4-7,10,19H2,1H3/t14-,15+/m1/s1. The van der Waals surface area contributed by atoms with Crippen molar-refractivity contribution in [2.75, 3.05) is 26.7 Å². The second kappa shape index (κ2) is 6.68. The highest BCUT2D eigenvalue weighted by atomic mass is 19.1. The molecule has 0 unspecified atom stereocenters. The number of aromatic hydroxyl groups is 1. The van der Waals surface area contributed by atoms with Crippen molar-refractivity contribution in [1.29, 1.82) is 0 Å². The maximum Gasteiger partial charge on any atom is 0.137 e. The van der Waals surface area contributed by atoms with Crippen LogP contribution in [0.15, 0.2) is 24.4 Å². The zero-order valence-electron chi connectivity index (χ0n) is 13.2. The van der Waals surface area contributed by atoms with Gasteiger partial charge in [-0.2, -0.15) is 0 Å². The Morgan fingerprint density at radius 3 is 3.04 bits per heavy atom. The van der Waals surface area contributed by atoms with Crippen molar-refractivity contribution < 1.29 is 14.2 Å². The number of piperidine rings is 1. The number of alkyl halides is 1. The first-order valence-corrected chi connectivity index (χ1v) is 7.85. The van der Waals surface area contributed by atoms with Crippen LogP contribution < -0.4 is 10.5 Å².